The first-order chi connectivity index (χ1) is 8.61. The third-order valence-corrected chi connectivity index (χ3v) is 2.54. The average Bonchev–Trinajstić information content (AvgIpc) is 2.38. The second-order valence-corrected chi connectivity index (χ2v) is 4.12. The van der Waals surface area contributed by atoms with Gasteiger partial charge in [-0.25, -0.2) is 0 Å². The molecule has 0 aliphatic rings. The van der Waals surface area contributed by atoms with Crippen LogP contribution in [0.4, 0.5) is 5.82 Å². The Labute approximate surface area is 106 Å². The molecule has 1 rings (SSSR count). The van der Waals surface area contributed by atoms with Gasteiger partial charge < -0.3 is 20.9 Å². The van der Waals surface area contributed by atoms with Gasteiger partial charge in [-0.2, -0.15) is 5.10 Å². The van der Waals surface area contributed by atoms with Crippen LogP contribution in [-0.2, 0) is 0 Å². The lowest BCUT2D eigenvalue weighted by Crippen LogP contribution is -2.35. The highest BCUT2D eigenvalue weighted by molar-refractivity contribution is 6.01. The van der Waals surface area contributed by atoms with E-state index in [0.29, 0.717) is 24.3 Å². The van der Waals surface area contributed by atoms with Crippen molar-refractivity contribution in [1.82, 2.24) is 10.2 Å². The van der Waals surface area contributed by atoms with Crippen molar-refractivity contribution in [3.05, 3.63) is 17.8 Å². The standard InChI is InChI=1S/C11H19N5O2/c1-8(2)16(6-3-7-17)11-9(10(12)15-18)4-5-13-14-11/h4-5,8,17-18H,3,6-7H2,1-2H3,(H2,12,15). The quantitative estimate of drug-likeness (QED) is 0.288. The van der Waals surface area contributed by atoms with Crippen LogP contribution in [0, 0.1) is 0 Å². The molecule has 0 saturated carbocycles. The third-order valence-electron chi connectivity index (χ3n) is 2.54. The lowest BCUT2D eigenvalue weighted by Gasteiger charge is -2.28. The molecule has 1 aromatic rings. The van der Waals surface area contributed by atoms with Gasteiger partial charge in [0.1, 0.15) is 0 Å². The number of aliphatic hydroxyl groups is 1. The zero-order valence-electron chi connectivity index (χ0n) is 10.6. The zero-order chi connectivity index (χ0) is 13.5. The molecule has 0 aromatic carbocycles. The number of hydrogen-bond donors (Lipinski definition) is 3. The maximum atomic E-state index is 8.92. The largest absolute Gasteiger partial charge is 0.409 e. The summed E-state index contributed by atoms with van der Waals surface area (Å²) in [7, 11) is 0. The number of nitrogens with two attached hydrogens (primary N) is 1. The number of amidine groups is 1. The molecule has 0 saturated heterocycles. The van der Waals surface area contributed by atoms with Gasteiger partial charge in [0.15, 0.2) is 11.7 Å². The van der Waals surface area contributed by atoms with Crippen molar-refractivity contribution >= 4 is 11.7 Å². The molecule has 1 aromatic heterocycles. The topological polar surface area (TPSA) is 108 Å². The van der Waals surface area contributed by atoms with Crippen LogP contribution >= 0.6 is 0 Å². The van der Waals surface area contributed by atoms with E-state index in [9.17, 15) is 0 Å². The maximum absolute atomic E-state index is 8.92. The minimum absolute atomic E-state index is 0.00505. The second-order valence-electron chi connectivity index (χ2n) is 4.12. The fraction of sp³-hybridized carbons (Fsp3) is 0.545. The predicted molar refractivity (Wildman–Crippen MR) is 68.7 cm³/mol. The number of hydrogen-bond acceptors (Lipinski definition) is 6. The van der Waals surface area contributed by atoms with E-state index in [0.717, 1.165) is 0 Å². The number of aliphatic hydroxyl groups excluding tert-OH is 1. The van der Waals surface area contributed by atoms with E-state index in [4.69, 9.17) is 16.0 Å². The van der Waals surface area contributed by atoms with Gasteiger partial charge in [0.2, 0.25) is 0 Å². The SMILES string of the molecule is CC(C)N(CCCO)c1nnccc1/C(N)=N/O. The van der Waals surface area contributed by atoms with Crippen LogP contribution in [0.15, 0.2) is 17.4 Å². The average molecular weight is 253 g/mol. The van der Waals surface area contributed by atoms with Gasteiger partial charge >= 0.3 is 0 Å². The first-order valence-electron chi connectivity index (χ1n) is 5.79. The van der Waals surface area contributed by atoms with E-state index in [2.05, 4.69) is 15.4 Å². The van der Waals surface area contributed by atoms with Crippen molar-refractivity contribution < 1.29 is 10.3 Å². The summed E-state index contributed by atoms with van der Waals surface area (Å²) in [6.45, 7) is 4.73. The summed E-state index contributed by atoms with van der Waals surface area (Å²) in [5, 5.41) is 28.5. The second kappa shape index (κ2) is 6.75. The molecule has 0 amide bonds. The van der Waals surface area contributed by atoms with Crippen LogP contribution in [0.1, 0.15) is 25.8 Å². The molecule has 7 heteroatoms. The highest BCUT2D eigenvalue weighted by atomic mass is 16.4. The molecule has 0 aliphatic carbocycles. The maximum Gasteiger partial charge on any atom is 0.173 e. The van der Waals surface area contributed by atoms with Gasteiger partial charge in [0.05, 0.1) is 11.8 Å². The van der Waals surface area contributed by atoms with Gasteiger partial charge in [0.25, 0.3) is 0 Å². The van der Waals surface area contributed by atoms with E-state index >= 15 is 0 Å². The minimum atomic E-state index is -0.00505. The molecule has 0 aliphatic heterocycles. The number of nitrogens with zero attached hydrogens (tertiary/aromatic N) is 4. The van der Waals surface area contributed by atoms with Crippen LogP contribution < -0.4 is 10.6 Å². The van der Waals surface area contributed by atoms with Crippen LogP contribution in [0.5, 0.6) is 0 Å². The van der Waals surface area contributed by atoms with Crippen LogP contribution in [0.25, 0.3) is 0 Å². The summed E-state index contributed by atoms with van der Waals surface area (Å²) in [6.07, 6.45) is 2.10. The van der Waals surface area contributed by atoms with Crippen LogP contribution in [0.2, 0.25) is 0 Å². The summed E-state index contributed by atoms with van der Waals surface area (Å²) >= 11 is 0. The monoisotopic (exact) mass is 253 g/mol. The van der Waals surface area contributed by atoms with Gasteiger partial charge in [-0.15, -0.1) is 5.10 Å². The van der Waals surface area contributed by atoms with Gasteiger partial charge in [-0.1, -0.05) is 5.16 Å². The van der Waals surface area contributed by atoms with E-state index < -0.39 is 0 Å². The highest BCUT2D eigenvalue weighted by Crippen LogP contribution is 2.18. The molecule has 18 heavy (non-hydrogen) atoms. The van der Waals surface area contributed by atoms with Gasteiger partial charge in [0, 0.05) is 19.2 Å². The fourth-order valence-electron chi connectivity index (χ4n) is 1.64. The van der Waals surface area contributed by atoms with E-state index in [1.807, 2.05) is 18.7 Å². The molecule has 1 heterocycles. The molecule has 0 radical (unpaired) electrons. The molecule has 0 fully saturated rings. The summed E-state index contributed by atoms with van der Waals surface area (Å²) in [5.41, 5.74) is 6.14. The van der Waals surface area contributed by atoms with Crippen molar-refractivity contribution in [2.24, 2.45) is 10.9 Å². The lowest BCUT2D eigenvalue weighted by atomic mass is 10.2. The Balaban J connectivity index is 3.11. The molecule has 0 bridgehead atoms. The number of anilines is 1. The summed E-state index contributed by atoms with van der Waals surface area (Å²) in [5.74, 6) is 0.547. The van der Waals surface area contributed by atoms with E-state index in [1.165, 1.54) is 6.20 Å². The Morgan fingerprint density at radius 2 is 2.28 bits per heavy atom. The predicted octanol–water partition coefficient (Wildman–Crippen LogP) is 0.168. The van der Waals surface area contributed by atoms with Crippen LogP contribution in [0.3, 0.4) is 0 Å². The summed E-state index contributed by atoms with van der Waals surface area (Å²) < 4.78 is 0. The molecule has 100 valence electrons. The minimum Gasteiger partial charge on any atom is -0.409 e. The van der Waals surface area contributed by atoms with Gasteiger partial charge in [-0.05, 0) is 26.3 Å². The molecular formula is C11H19N5O2. The smallest absolute Gasteiger partial charge is 0.173 e. The number of oxime groups is 1. The summed E-state index contributed by atoms with van der Waals surface area (Å²) in [4.78, 5) is 1.95. The van der Waals surface area contributed by atoms with Crippen molar-refractivity contribution in [3.63, 3.8) is 0 Å². The molecule has 7 nitrogen and oxygen atoms in total. The van der Waals surface area contributed by atoms with Gasteiger partial charge in [-0.3, -0.25) is 0 Å². The lowest BCUT2D eigenvalue weighted by molar-refractivity contribution is 0.288. The van der Waals surface area contributed by atoms with Crippen LogP contribution in [-0.4, -0.2) is 45.5 Å². The summed E-state index contributed by atoms with van der Waals surface area (Å²) in [6, 6.07) is 1.81. The number of aromatic nitrogens is 2. The Kier molecular flexibility index (Phi) is 5.31. The van der Waals surface area contributed by atoms with Crippen molar-refractivity contribution in [3.8, 4) is 0 Å². The molecule has 0 spiro atoms. The fourth-order valence-corrected chi connectivity index (χ4v) is 1.64. The highest BCUT2D eigenvalue weighted by Gasteiger charge is 2.18. The first-order valence-corrected chi connectivity index (χ1v) is 5.79. The zero-order valence-corrected chi connectivity index (χ0v) is 10.6. The van der Waals surface area contributed by atoms with Crippen molar-refractivity contribution in [2.45, 2.75) is 26.3 Å². The van der Waals surface area contributed by atoms with Crippen molar-refractivity contribution in [1.29, 1.82) is 0 Å². The third kappa shape index (κ3) is 3.30. The molecule has 0 unspecified atom stereocenters. The Morgan fingerprint density at radius 1 is 1.56 bits per heavy atom. The van der Waals surface area contributed by atoms with Crippen molar-refractivity contribution in [2.75, 3.05) is 18.1 Å². The molecule has 0 atom stereocenters. The van der Waals surface area contributed by atoms with E-state index in [-0.39, 0.29) is 18.5 Å². The molecular weight excluding hydrogens is 234 g/mol. The Hall–Kier alpha value is -1.89. The van der Waals surface area contributed by atoms with E-state index in [1.54, 1.807) is 6.07 Å². The Morgan fingerprint density at radius 3 is 2.83 bits per heavy atom. The number of rotatable bonds is 6. The Bertz CT molecular complexity index is 408. The molecule has 4 N–H and O–H groups in total. The normalized spacial score (nSPS) is 11.9. The first kappa shape index (κ1) is 14.2.